The number of rotatable bonds is 6. The second-order valence-electron chi connectivity index (χ2n) is 4.60. The van der Waals surface area contributed by atoms with E-state index in [1.807, 2.05) is 4.98 Å². The molecule has 14 heteroatoms. The van der Waals surface area contributed by atoms with Crippen LogP contribution in [-0.2, 0) is 4.79 Å². The number of hydrogen-bond donors (Lipinski definition) is 4. The van der Waals surface area contributed by atoms with E-state index in [1.165, 1.54) is 12.4 Å². The fourth-order valence-electron chi connectivity index (χ4n) is 1.67. The van der Waals surface area contributed by atoms with Crippen LogP contribution >= 0.6 is 11.8 Å². The summed E-state index contributed by atoms with van der Waals surface area (Å²) in [5, 5.41) is 22.8. The Balaban J connectivity index is 1.51. The molecule has 0 bridgehead atoms. The monoisotopic (exact) mass is 374 g/mol. The van der Waals surface area contributed by atoms with Crippen molar-refractivity contribution < 1.29 is 4.79 Å². The van der Waals surface area contributed by atoms with Crippen molar-refractivity contribution in [2.24, 2.45) is 5.10 Å². The van der Waals surface area contributed by atoms with Gasteiger partial charge in [-0.25, -0.2) is 15.3 Å². The van der Waals surface area contributed by atoms with E-state index >= 15 is 0 Å². The smallest absolute Gasteiger partial charge is 0.272 e. The standard InChI is InChI=1S/C12H10N10O3S/c23-8(5-26-11-10(24)15-12(25)20-19-11)16-14-4-7-2-1-6(3-13-7)9-17-21-22-18-9/h1-4H,5H2,(H,16,23)(H2,15,20,24,25)(H,17,18,21,22)/b14-4-. The van der Waals surface area contributed by atoms with Crippen molar-refractivity contribution in [2.45, 2.75) is 5.03 Å². The van der Waals surface area contributed by atoms with Gasteiger partial charge in [-0.3, -0.25) is 19.6 Å². The van der Waals surface area contributed by atoms with E-state index in [1.54, 1.807) is 12.1 Å². The van der Waals surface area contributed by atoms with Gasteiger partial charge in [-0.1, -0.05) is 11.8 Å². The number of carbonyl (C=O) groups excluding carboxylic acids is 1. The summed E-state index contributed by atoms with van der Waals surface area (Å²) < 4.78 is 0. The molecule has 132 valence electrons. The SMILES string of the molecule is O=C(CSc1n[nH]c(=O)[nH]c1=O)N/N=C\c1ccc(-c2nn[nH]n2)cn1. The first-order valence-electron chi connectivity index (χ1n) is 6.95. The van der Waals surface area contributed by atoms with Crippen LogP contribution in [0, 0.1) is 0 Å². The Hall–Kier alpha value is -3.68. The highest BCUT2D eigenvalue weighted by Gasteiger charge is 2.07. The zero-order chi connectivity index (χ0) is 18.4. The first kappa shape index (κ1) is 17.2. The van der Waals surface area contributed by atoms with E-state index in [0.29, 0.717) is 17.1 Å². The molecule has 26 heavy (non-hydrogen) atoms. The van der Waals surface area contributed by atoms with Gasteiger partial charge in [-0.2, -0.15) is 15.4 Å². The van der Waals surface area contributed by atoms with Crippen molar-refractivity contribution in [3.8, 4) is 11.4 Å². The van der Waals surface area contributed by atoms with E-state index in [2.05, 4.69) is 46.3 Å². The normalized spacial score (nSPS) is 10.9. The molecule has 0 atom stereocenters. The van der Waals surface area contributed by atoms with Crippen LogP contribution in [0.25, 0.3) is 11.4 Å². The van der Waals surface area contributed by atoms with Gasteiger partial charge in [-0.15, -0.1) is 10.2 Å². The maximum Gasteiger partial charge on any atom is 0.342 e. The molecule has 3 rings (SSSR count). The number of aromatic amines is 3. The second-order valence-corrected chi connectivity index (χ2v) is 5.57. The minimum Gasteiger partial charge on any atom is -0.272 e. The van der Waals surface area contributed by atoms with Crippen LogP contribution in [0.15, 0.2) is 38.0 Å². The van der Waals surface area contributed by atoms with Gasteiger partial charge in [0, 0.05) is 11.8 Å². The number of hydrogen-bond acceptors (Lipinski definition) is 10. The lowest BCUT2D eigenvalue weighted by molar-refractivity contribution is -0.118. The molecule has 3 heterocycles. The first-order valence-corrected chi connectivity index (χ1v) is 7.94. The second kappa shape index (κ2) is 7.93. The Labute approximate surface area is 147 Å². The minimum absolute atomic E-state index is 0.0255. The number of pyridine rings is 1. The molecule has 3 aromatic rings. The minimum atomic E-state index is -0.716. The molecule has 0 radical (unpaired) electrons. The van der Waals surface area contributed by atoms with Gasteiger partial charge >= 0.3 is 5.69 Å². The molecular formula is C12H10N10O3S. The lowest BCUT2D eigenvalue weighted by atomic mass is 10.2. The van der Waals surface area contributed by atoms with Crippen molar-refractivity contribution >= 4 is 23.9 Å². The molecule has 0 saturated heterocycles. The zero-order valence-corrected chi connectivity index (χ0v) is 13.6. The third kappa shape index (κ3) is 4.44. The number of amides is 1. The number of nitrogens with one attached hydrogen (secondary N) is 4. The summed E-state index contributed by atoms with van der Waals surface area (Å²) in [4.78, 5) is 40.1. The Morgan fingerprint density at radius 2 is 2.19 bits per heavy atom. The first-order chi connectivity index (χ1) is 12.6. The summed E-state index contributed by atoms with van der Waals surface area (Å²) in [6.45, 7) is 0. The molecular weight excluding hydrogens is 364 g/mol. The average Bonchev–Trinajstić information content (AvgIpc) is 3.16. The maximum atomic E-state index is 11.7. The fourth-order valence-corrected chi connectivity index (χ4v) is 2.29. The van der Waals surface area contributed by atoms with Crippen molar-refractivity contribution in [3.63, 3.8) is 0 Å². The predicted octanol–water partition coefficient (Wildman–Crippen LogP) is -1.72. The zero-order valence-electron chi connectivity index (χ0n) is 12.8. The Morgan fingerprint density at radius 1 is 1.31 bits per heavy atom. The summed E-state index contributed by atoms with van der Waals surface area (Å²) in [5.74, 6) is -0.150. The van der Waals surface area contributed by atoms with Crippen molar-refractivity contribution in [3.05, 3.63) is 44.9 Å². The Bertz CT molecular complexity index is 1020. The number of H-pyrrole nitrogens is 3. The maximum absolute atomic E-state index is 11.7. The molecule has 0 saturated carbocycles. The van der Waals surface area contributed by atoms with Crippen LogP contribution in [-0.4, -0.2) is 58.7 Å². The molecule has 0 spiro atoms. The topological polar surface area (TPSA) is 187 Å². The highest BCUT2D eigenvalue weighted by Crippen LogP contribution is 2.10. The van der Waals surface area contributed by atoms with Gasteiger partial charge in [-0.05, 0) is 17.3 Å². The molecule has 0 aliphatic carbocycles. The Morgan fingerprint density at radius 3 is 2.88 bits per heavy atom. The lowest BCUT2D eigenvalue weighted by Crippen LogP contribution is -2.26. The van der Waals surface area contributed by atoms with Gasteiger partial charge in [0.25, 0.3) is 5.56 Å². The van der Waals surface area contributed by atoms with Crippen LogP contribution in [0.1, 0.15) is 5.69 Å². The van der Waals surface area contributed by atoms with Crippen LogP contribution < -0.4 is 16.7 Å². The van der Waals surface area contributed by atoms with E-state index in [4.69, 9.17) is 0 Å². The van der Waals surface area contributed by atoms with Crippen molar-refractivity contribution in [1.82, 2.24) is 46.2 Å². The molecule has 0 unspecified atom stereocenters. The number of nitrogens with zero attached hydrogens (tertiary/aromatic N) is 6. The van der Waals surface area contributed by atoms with Crippen molar-refractivity contribution in [2.75, 3.05) is 5.75 Å². The van der Waals surface area contributed by atoms with Crippen LogP contribution in [0.3, 0.4) is 0 Å². The summed E-state index contributed by atoms with van der Waals surface area (Å²) in [5.41, 5.74) is 2.09. The summed E-state index contributed by atoms with van der Waals surface area (Å²) in [7, 11) is 0. The molecule has 0 aromatic carbocycles. The van der Waals surface area contributed by atoms with Crippen LogP contribution in [0.4, 0.5) is 0 Å². The van der Waals surface area contributed by atoms with Crippen LogP contribution in [0.2, 0.25) is 0 Å². The fraction of sp³-hybridized carbons (Fsp3) is 0.0833. The summed E-state index contributed by atoms with van der Waals surface area (Å²) in [6.07, 6.45) is 2.89. The lowest BCUT2D eigenvalue weighted by Gasteiger charge is -1.99. The van der Waals surface area contributed by atoms with E-state index < -0.39 is 17.2 Å². The highest BCUT2D eigenvalue weighted by molar-refractivity contribution is 7.99. The van der Waals surface area contributed by atoms with Gasteiger partial charge in [0.1, 0.15) is 0 Å². The molecule has 4 N–H and O–H groups in total. The Kier molecular flexibility index (Phi) is 5.23. The number of tetrazole rings is 1. The number of hydrazone groups is 1. The van der Waals surface area contributed by atoms with Gasteiger partial charge < -0.3 is 0 Å². The van der Waals surface area contributed by atoms with Gasteiger partial charge in [0.05, 0.1) is 17.7 Å². The molecule has 13 nitrogen and oxygen atoms in total. The number of carbonyl (C=O) groups is 1. The van der Waals surface area contributed by atoms with E-state index in [9.17, 15) is 14.4 Å². The molecule has 0 aliphatic heterocycles. The number of aromatic nitrogens is 8. The largest absolute Gasteiger partial charge is 0.342 e. The molecule has 1 amide bonds. The highest BCUT2D eigenvalue weighted by atomic mass is 32.2. The van der Waals surface area contributed by atoms with Crippen LogP contribution in [0.5, 0.6) is 0 Å². The van der Waals surface area contributed by atoms with Gasteiger partial charge in [0.2, 0.25) is 11.7 Å². The van der Waals surface area contributed by atoms with E-state index in [0.717, 1.165) is 11.8 Å². The molecule has 0 aliphatic rings. The quantitative estimate of drug-likeness (QED) is 0.221. The van der Waals surface area contributed by atoms with E-state index in [-0.39, 0.29) is 10.8 Å². The third-order valence-electron chi connectivity index (χ3n) is 2.80. The average molecular weight is 374 g/mol. The summed E-state index contributed by atoms with van der Waals surface area (Å²) >= 11 is 0.861. The van der Waals surface area contributed by atoms with Crippen molar-refractivity contribution in [1.29, 1.82) is 0 Å². The molecule has 3 aromatic heterocycles. The van der Waals surface area contributed by atoms with Gasteiger partial charge in [0.15, 0.2) is 5.03 Å². The molecule has 0 fully saturated rings. The predicted molar refractivity (Wildman–Crippen MR) is 89.3 cm³/mol. The third-order valence-corrected chi connectivity index (χ3v) is 3.75. The number of thioether (sulfide) groups is 1. The summed E-state index contributed by atoms with van der Waals surface area (Å²) in [6, 6.07) is 3.39.